The highest BCUT2D eigenvalue weighted by molar-refractivity contribution is 5.94. The Labute approximate surface area is 157 Å². The molecule has 1 nitrogen and oxygen atoms in total. The highest BCUT2D eigenvalue weighted by atomic mass is 14.9. The summed E-state index contributed by atoms with van der Waals surface area (Å²) in [5.74, 6) is 0. The number of hydrogen-bond donors (Lipinski definition) is 0. The second kappa shape index (κ2) is 5.94. The molecular weight excluding hydrogens is 314 g/mol. The molecule has 0 fully saturated rings. The predicted molar refractivity (Wildman–Crippen MR) is 111 cm³/mol. The molecule has 1 aliphatic rings. The first kappa shape index (κ1) is 17.3. The first-order valence-corrected chi connectivity index (χ1v) is 9.82. The SMILES string of the molecule is Cc1cc2c(cc1-c1c3ccc(C(C)(C)C)cc3cc(C)[n+]1C)CCC2. The van der Waals surface area contributed by atoms with E-state index >= 15 is 0 Å². The Morgan fingerprint density at radius 2 is 1.58 bits per heavy atom. The molecule has 1 aliphatic carbocycles. The molecule has 0 aliphatic heterocycles. The molecule has 0 radical (unpaired) electrons. The molecule has 1 heteroatoms. The molecule has 26 heavy (non-hydrogen) atoms. The molecule has 4 rings (SSSR count). The van der Waals surface area contributed by atoms with Gasteiger partial charge in [0.2, 0.25) is 5.69 Å². The third kappa shape index (κ3) is 2.74. The normalized spacial score (nSPS) is 14.1. The van der Waals surface area contributed by atoms with Crippen LogP contribution in [-0.4, -0.2) is 0 Å². The summed E-state index contributed by atoms with van der Waals surface area (Å²) >= 11 is 0. The smallest absolute Gasteiger partial charge is 0.198 e. The van der Waals surface area contributed by atoms with Crippen molar-refractivity contribution in [2.75, 3.05) is 0 Å². The minimum absolute atomic E-state index is 0.170. The first-order valence-electron chi connectivity index (χ1n) is 9.82. The van der Waals surface area contributed by atoms with Crippen LogP contribution in [0.5, 0.6) is 0 Å². The molecule has 0 amide bonds. The Kier molecular flexibility index (Phi) is 3.95. The van der Waals surface area contributed by atoms with E-state index in [-0.39, 0.29) is 5.41 Å². The number of aromatic nitrogens is 1. The van der Waals surface area contributed by atoms with Crippen LogP contribution in [0.1, 0.15) is 55.1 Å². The molecule has 134 valence electrons. The Morgan fingerprint density at radius 3 is 2.27 bits per heavy atom. The standard InChI is InChI=1S/C25H30N/c1-16-12-18-8-7-9-19(18)15-23(16)24-22-11-10-21(25(3,4)5)14-20(22)13-17(2)26(24)6/h10-15H,7-9H2,1-6H3/q+1. The highest BCUT2D eigenvalue weighted by Crippen LogP contribution is 2.35. The molecule has 0 N–H and O–H groups in total. The molecule has 1 aromatic heterocycles. The van der Waals surface area contributed by atoms with Crippen LogP contribution in [0.2, 0.25) is 0 Å². The number of benzene rings is 2. The Bertz CT molecular complexity index is 1020. The Hall–Kier alpha value is -2.15. The van der Waals surface area contributed by atoms with Crippen LogP contribution < -0.4 is 4.57 Å². The number of pyridine rings is 1. The van der Waals surface area contributed by atoms with Gasteiger partial charge in [0.05, 0.1) is 10.9 Å². The minimum atomic E-state index is 0.170. The van der Waals surface area contributed by atoms with E-state index in [0.717, 1.165) is 0 Å². The lowest BCUT2D eigenvalue weighted by Crippen LogP contribution is -2.35. The van der Waals surface area contributed by atoms with Crippen LogP contribution in [0.3, 0.4) is 0 Å². The summed E-state index contributed by atoms with van der Waals surface area (Å²) in [6.07, 6.45) is 3.77. The molecule has 2 aromatic carbocycles. The maximum atomic E-state index is 2.46. The molecule has 0 saturated heterocycles. The van der Waals surface area contributed by atoms with Gasteiger partial charge in [-0.15, -0.1) is 0 Å². The third-order valence-corrected chi connectivity index (χ3v) is 6.10. The van der Waals surface area contributed by atoms with Crippen molar-refractivity contribution >= 4 is 10.8 Å². The predicted octanol–water partition coefficient (Wildman–Crippen LogP) is 5.73. The Morgan fingerprint density at radius 1 is 0.885 bits per heavy atom. The van der Waals surface area contributed by atoms with Gasteiger partial charge in [0.15, 0.2) is 5.69 Å². The highest BCUT2D eigenvalue weighted by Gasteiger charge is 2.23. The lowest BCUT2D eigenvalue weighted by atomic mass is 9.85. The van der Waals surface area contributed by atoms with Gasteiger partial charge in [-0.05, 0) is 71.4 Å². The van der Waals surface area contributed by atoms with Crippen LogP contribution in [0.25, 0.3) is 22.0 Å². The van der Waals surface area contributed by atoms with Gasteiger partial charge in [0.1, 0.15) is 7.05 Å². The summed E-state index contributed by atoms with van der Waals surface area (Å²) in [4.78, 5) is 0. The zero-order chi connectivity index (χ0) is 18.6. The number of hydrogen-bond acceptors (Lipinski definition) is 0. The van der Waals surface area contributed by atoms with Crippen LogP contribution in [-0.2, 0) is 25.3 Å². The van der Waals surface area contributed by atoms with Gasteiger partial charge < -0.3 is 0 Å². The van der Waals surface area contributed by atoms with Crippen LogP contribution in [0.4, 0.5) is 0 Å². The average molecular weight is 345 g/mol. The van der Waals surface area contributed by atoms with Crippen molar-refractivity contribution in [3.8, 4) is 11.3 Å². The molecule has 0 bridgehead atoms. The van der Waals surface area contributed by atoms with Gasteiger partial charge in [-0.1, -0.05) is 39.0 Å². The van der Waals surface area contributed by atoms with Crippen molar-refractivity contribution in [3.05, 3.63) is 64.3 Å². The van der Waals surface area contributed by atoms with E-state index in [9.17, 15) is 0 Å². The maximum Gasteiger partial charge on any atom is 0.220 e. The fourth-order valence-electron chi connectivity index (χ4n) is 4.37. The Balaban J connectivity index is 2.02. The average Bonchev–Trinajstić information content (AvgIpc) is 3.01. The summed E-state index contributed by atoms with van der Waals surface area (Å²) in [6, 6.07) is 14.2. The van der Waals surface area contributed by atoms with Crippen molar-refractivity contribution in [1.29, 1.82) is 0 Å². The van der Waals surface area contributed by atoms with Gasteiger partial charge >= 0.3 is 0 Å². The van der Waals surface area contributed by atoms with E-state index in [0.29, 0.717) is 0 Å². The van der Waals surface area contributed by atoms with Gasteiger partial charge in [0, 0.05) is 13.0 Å². The van der Waals surface area contributed by atoms with Crippen LogP contribution in [0, 0.1) is 13.8 Å². The third-order valence-electron chi connectivity index (χ3n) is 6.10. The van der Waals surface area contributed by atoms with E-state index in [1.807, 2.05) is 0 Å². The minimum Gasteiger partial charge on any atom is -0.198 e. The van der Waals surface area contributed by atoms with Crippen molar-refractivity contribution in [1.82, 2.24) is 0 Å². The van der Waals surface area contributed by atoms with Crippen molar-refractivity contribution in [2.45, 2.75) is 59.3 Å². The van der Waals surface area contributed by atoms with Crippen LogP contribution >= 0.6 is 0 Å². The lowest BCUT2D eigenvalue weighted by molar-refractivity contribution is -0.665. The summed E-state index contributed by atoms with van der Waals surface area (Å²) in [5.41, 5.74) is 10.1. The van der Waals surface area contributed by atoms with E-state index in [1.54, 1.807) is 11.1 Å². The van der Waals surface area contributed by atoms with Crippen molar-refractivity contribution in [2.24, 2.45) is 7.05 Å². The maximum absolute atomic E-state index is 2.46. The zero-order valence-electron chi connectivity index (χ0n) is 17.0. The second-order valence-electron chi connectivity index (χ2n) is 9.03. The van der Waals surface area contributed by atoms with Gasteiger partial charge in [0.25, 0.3) is 0 Å². The van der Waals surface area contributed by atoms with E-state index in [4.69, 9.17) is 0 Å². The number of rotatable bonds is 1. The quantitative estimate of drug-likeness (QED) is 0.496. The molecule has 0 saturated carbocycles. The zero-order valence-corrected chi connectivity index (χ0v) is 17.0. The van der Waals surface area contributed by atoms with Gasteiger partial charge in [-0.25, -0.2) is 0 Å². The number of aryl methyl sites for hydroxylation is 4. The van der Waals surface area contributed by atoms with E-state index < -0.39 is 0 Å². The molecule has 0 spiro atoms. The molecule has 0 atom stereocenters. The van der Waals surface area contributed by atoms with Crippen LogP contribution in [0.15, 0.2) is 36.4 Å². The number of fused-ring (bicyclic) bond motifs is 2. The summed E-state index contributed by atoms with van der Waals surface area (Å²) in [5, 5.41) is 2.70. The molecule has 1 heterocycles. The summed E-state index contributed by atoms with van der Waals surface area (Å²) < 4.78 is 2.36. The molecule has 0 unspecified atom stereocenters. The summed E-state index contributed by atoms with van der Waals surface area (Å²) in [6.45, 7) is 11.3. The van der Waals surface area contributed by atoms with Crippen molar-refractivity contribution < 1.29 is 4.57 Å². The molecular formula is C25H30N+. The first-order chi connectivity index (χ1) is 12.3. The lowest BCUT2D eigenvalue weighted by Gasteiger charge is -2.20. The van der Waals surface area contributed by atoms with E-state index in [2.05, 4.69) is 82.6 Å². The van der Waals surface area contributed by atoms with Gasteiger partial charge in [-0.3, -0.25) is 0 Å². The largest absolute Gasteiger partial charge is 0.220 e. The van der Waals surface area contributed by atoms with Crippen molar-refractivity contribution in [3.63, 3.8) is 0 Å². The second-order valence-corrected chi connectivity index (χ2v) is 9.03. The number of nitrogens with zero attached hydrogens (tertiary/aromatic N) is 1. The topological polar surface area (TPSA) is 3.88 Å². The van der Waals surface area contributed by atoms with Gasteiger partial charge in [-0.2, -0.15) is 4.57 Å². The fraction of sp³-hybridized carbons (Fsp3) is 0.400. The van der Waals surface area contributed by atoms with E-state index in [1.165, 1.54) is 58.1 Å². The molecule has 3 aromatic rings. The monoisotopic (exact) mass is 344 g/mol. The fourth-order valence-corrected chi connectivity index (χ4v) is 4.37. The summed E-state index contributed by atoms with van der Waals surface area (Å²) in [7, 11) is 2.20.